The van der Waals surface area contributed by atoms with Crippen molar-refractivity contribution < 1.29 is 9.53 Å². The largest absolute Gasteiger partial charge is 0.463 e. The lowest BCUT2D eigenvalue weighted by Crippen LogP contribution is -2.40. The molecule has 4 rings (SSSR count). The lowest BCUT2D eigenvalue weighted by molar-refractivity contribution is -0.139. The fourth-order valence-corrected chi connectivity index (χ4v) is 5.77. The molecule has 36 heavy (non-hydrogen) atoms. The predicted octanol–water partition coefficient (Wildman–Crippen LogP) is 5.77. The summed E-state index contributed by atoms with van der Waals surface area (Å²) >= 11 is 4.93. The lowest BCUT2D eigenvalue weighted by Gasteiger charge is -2.26. The lowest BCUT2D eigenvalue weighted by atomic mass is 9.92. The van der Waals surface area contributed by atoms with Crippen molar-refractivity contribution in [3.8, 4) is 0 Å². The number of nitrogens with zero attached hydrogens (tertiary/aromatic N) is 2. The van der Waals surface area contributed by atoms with Crippen molar-refractivity contribution >= 4 is 39.3 Å². The maximum atomic E-state index is 13.8. The molecule has 2 heterocycles. The van der Waals surface area contributed by atoms with Gasteiger partial charge >= 0.3 is 5.97 Å². The van der Waals surface area contributed by atoms with Crippen molar-refractivity contribution in [1.82, 2.24) is 4.57 Å². The fourth-order valence-electron chi connectivity index (χ4n) is 4.35. The van der Waals surface area contributed by atoms with Crippen LogP contribution in [0, 0.1) is 6.92 Å². The first-order valence-electron chi connectivity index (χ1n) is 12.3. The van der Waals surface area contributed by atoms with E-state index in [-0.39, 0.29) is 12.2 Å². The van der Waals surface area contributed by atoms with Crippen LogP contribution in [-0.4, -0.2) is 17.1 Å². The van der Waals surface area contributed by atoms with Gasteiger partial charge in [0.05, 0.1) is 28.5 Å². The Bertz CT molecular complexity index is 1500. The molecule has 0 saturated heterocycles. The number of fused-ring (bicyclic) bond motifs is 1. The zero-order valence-corrected chi connectivity index (χ0v) is 23.7. The molecule has 1 aliphatic heterocycles. The first-order chi connectivity index (χ1) is 17.2. The van der Waals surface area contributed by atoms with Crippen molar-refractivity contribution in [3.63, 3.8) is 0 Å². The summed E-state index contributed by atoms with van der Waals surface area (Å²) in [6.45, 7) is 10.4. The molecule has 0 amide bonds. The summed E-state index contributed by atoms with van der Waals surface area (Å²) in [6, 6.07) is 13.6. The Morgan fingerprint density at radius 1 is 1.19 bits per heavy atom. The number of aromatic nitrogens is 1. The van der Waals surface area contributed by atoms with E-state index in [9.17, 15) is 9.59 Å². The van der Waals surface area contributed by atoms with E-state index in [4.69, 9.17) is 9.73 Å². The molecule has 0 radical (unpaired) electrons. The van der Waals surface area contributed by atoms with Gasteiger partial charge < -0.3 is 4.74 Å². The molecule has 0 spiro atoms. The summed E-state index contributed by atoms with van der Waals surface area (Å²) in [4.78, 5) is 32.5. The Kier molecular flexibility index (Phi) is 8.10. The number of thiazole rings is 1. The van der Waals surface area contributed by atoms with Gasteiger partial charge in [-0.25, -0.2) is 9.79 Å². The van der Waals surface area contributed by atoms with Gasteiger partial charge in [-0.1, -0.05) is 90.9 Å². The van der Waals surface area contributed by atoms with Gasteiger partial charge in [-0.2, -0.15) is 0 Å². The summed E-state index contributed by atoms with van der Waals surface area (Å²) in [5, 5.41) is 0. The van der Waals surface area contributed by atoms with Crippen molar-refractivity contribution in [2.75, 3.05) is 6.61 Å². The number of esters is 1. The van der Waals surface area contributed by atoms with Crippen LogP contribution in [0.4, 0.5) is 0 Å². The van der Waals surface area contributed by atoms with E-state index in [0.29, 0.717) is 32.9 Å². The molecule has 1 atom stereocenters. The molecule has 0 unspecified atom stereocenters. The van der Waals surface area contributed by atoms with Crippen molar-refractivity contribution in [2.24, 2.45) is 4.99 Å². The quantitative estimate of drug-likeness (QED) is 0.341. The molecule has 0 bridgehead atoms. The van der Waals surface area contributed by atoms with Crippen molar-refractivity contribution in [3.05, 3.63) is 100 Å². The third-order valence-electron chi connectivity index (χ3n) is 6.30. The Morgan fingerprint density at radius 3 is 2.53 bits per heavy atom. The van der Waals surface area contributed by atoms with Gasteiger partial charge in [0.25, 0.3) is 5.56 Å². The van der Waals surface area contributed by atoms with Gasteiger partial charge in [0.2, 0.25) is 0 Å². The molecule has 5 nitrogen and oxygen atoms in total. The topological polar surface area (TPSA) is 60.7 Å². The highest BCUT2D eigenvalue weighted by molar-refractivity contribution is 9.10. The molecule has 1 aromatic heterocycles. The van der Waals surface area contributed by atoms with Crippen LogP contribution >= 0.6 is 27.3 Å². The Hall–Kier alpha value is -2.77. The number of benzene rings is 2. The van der Waals surface area contributed by atoms with E-state index in [1.54, 1.807) is 11.5 Å². The molecule has 188 valence electrons. The SMILES string of the molecule is CCCC1=C(C(=O)OCC)[C@@H](c2ccc(C(C)C)cc2)n2c(s/c(=C\c3ccc(C)c(Br)c3)c2=O)=N1. The van der Waals surface area contributed by atoms with E-state index in [1.165, 1.54) is 16.9 Å². The zero-order chi connectivity index (χ0) is 26.0. The Labute approximate surface area is 224 Å². The molecule has 0 aliphatic carbocycles. The number of halogens is 1. The van der Waals surface area contributed by atoms with E-state index in [2.05, 4.69) is 48.8 Å². The van der Waals surface area contributed by atoms with Gasteiger partial charge in [0.1, 0.15) is 0 Å². The van der Waals surface area contributed by atoms with Crippen LogP contribution in [0.1, 0.15) is 74.8 Å². The predicted molar refractivity (Wildman–Crippen MR) is 149 cm³/mol. The average molecular weight is 568 g/mol. The first-order valence-corrected chi connectivity index (χ1v) is 13.9. The van der Waals surface area contributed by atoms with Gasteiger partial charge in [0, 0.05) is 4.47 Å². The second kappa shape index (κ2) is 11.1. The van der Waals surface area contributed by atoms with Crippen molar-refractivity contribution in [1.29, 1.82) is 0 Å². The smallest absolute Gasteiger partial charge is 0.338 e. The number of carbonyl (C=O) groups excluding carboxylic acids is 1. The molecule has 0 fully saturated rings. The second-order valence-electron chi connectivity index (χ2n) is 9.24. The van der Waals surface area contributed by atoms with E-state index in [0.717, 1.165) is 27.6 Å². The standard InChI is InChI=1S/C29H31BrN2O3S/c1-6-8-23-25(28(34)35-7-2)26(21-13-11-20(12-14-21)17(3)4)32-27(33)24(36-29(32)31-23)16-19-10-9-18(5)22(30)15-19/h9-17,26H,6-8H2,1-5H3/b24-16-/t26-/m1/s1. The van der Waals surface area contributed by atoms with Gasteiger partial charge in [-0.3, -0.25) is 9.36 Å². The molecule has 7 heteroatoms. The molecule has 1 aliphatic rings. The van der Waals surface area contributed by atoms with Gasteiger partial charge in [0.15, 0.2) is 4.80 Å². The molecular weight excluding hydrogens is 536 g/mol. The molecule has 0 N–H and O–H groups in total. The second-order valence-corrected chi connectivity index (χ2v) is 11.1. The third kappa shape index (κ3) is 5.18. The first kappa shape index (κ1) is 26.3. The minimum Gasteiger partial charge on any atom is -0.463 e. The van der Waals surface area contributed by atoms with Crippen LogP contribution in [0.25, 0.3) is 6.08 Å². The summed E-state index contributed by atoms with van der Waals surface area (Å²) in [5.74, 6) is -0.0371. The normalized spacial score (nSPS) is 15.8. The molecular formula is C29H31BrN2O3S. The van der Waals surface area contributed by atoms with Crippen LogP contribution in [-0.2, 0) is 9.53 Å². The summed E-state index contributed by atoms with van der Waals surface area (Å²) in [6.07, 6.45) is 3.35. The molecule has 0 saturated carbocycles. The van der Waals surface area contributed by atoms with Crippen LogP contribution in [0.3, 0.4) is 0 Å². The number of aryl methyl sites for hydroxylation is 1. The minimum atomic E-state index is -0.588. The maximum Gasteiger partial charge on any atom is 0.338 e. The number of carbonyl (C=O) groups is 1. The van der Waals surface area contributed by atoms with E-state index >= 15 is 0 Å². The maximum absolute atomic E-state index is 13.8. The van der Waals surface area contributed by atoms with Crippen LogP contribution in [0.5, 0.6) is 0 Å². The Morgan fingerprint density at radius 2 is 1.92 bits per heavy atom. The van der Waals surface area contributed by atoms with Gasteiger partial charge in [-0.05, 0) is 60.6 Å². The Balaban J connectivity index is 1.97. The van der Waals surface area contributed by atoms with E-state index in [1.807, 2.05) is 43.3 Å². The zero-order valence-electron chi connectivity index (χ0n) is 21.3. The van der Waals surface area contributed by atoms with Crippen LogP contribution in [0.2, 0.25) is 0 Å². The number of rotatable bonds is 7. The monoisotopic (exact) mass is 566 g/mol. The average Bonchev–Trinajstić information content (AvgIpc) is 3.15. The highest BCUT2D eigenvalue weighted by Gasteiger charge is 2.34. The van der Waals surface area contributed by atoms with Crippen molar-refractivity contribution in [2.45, 2.75) is 59.4 Å². The third-order valence-corrected chi connectivity index (χ3v) is 8.14. The number of ether oxygens (including phenoxy) is 1. The number of hydrogen-bond donors (Lipinski definition) is 0. The highest BCUT2D eigenvalue weighted by Crippen LogP contribution is 2.33. The molecule has 3 aromatic rings. The highest BCUT2D eigenvalue weighted by atomic mass is 79.9. The van der Waals surface area contributed by atoms with Gasteiger partial charge in [-0.15, -0.1) is 0 Å². The van der Waals surface area contributed by atoms with Crippen LogP contribution in [0.15, 0.2) is 68.0 Å². The summed E-state index contributed by atoms with van der Waals surface area (Å²) in [5.41, 5.74) is 5.11. The van der Waals surface area contributed by atoms with E-state index < -0.39 is 12.0 Å². The number of allylic oxidation sites excluding steroid dienone is 1. The summed E-state index contributed by atoms with van der Waals surface area (Å²) in [7, 11) is 0. The minimum absolute atomic E-state index is 0.161. The number of hydrogen-bond acceptors (Lipinski definition) is 5. The molecule has 2 aromatic carbocycles. The summed E-state index contributed by atoms with van der Waals surface area (Å²) < 4.78 is 8.70. The fraction of sp³-hybridized carbons (Fsp3) is 0.345. The van der Waals surface area contributed by atoms with Crippen LogP contribution < -0.4 is 14.9 Å².